The van der Waals surface area contributed by atoms with Gasteiger partial charge in [-0.2, -0.15) is 8.42 Å². The van der Waals surface area contributed by atoms with Crippen molar-refractivity contribution in [2.24, 2.45) is 0 Å². The third-order valence-electron chi connectivity index (χ3n) is 9.61. The van der Waals surface area contributed by atoms with Crippen molar-refractivity contribution in [2.75, 3.05) is 21.3 Å². The molecule has 11 nitrogen and oxygen atoms in total. The topological polar surface area (TPSA) is 128 Å². The monoisotopic (exact) mass is 784 g/mol. The zero-order valence-electron chi connectivity index (χ0n) is 31.9. The number of hydrogen-bond acceptors (Lipinski definition) is 11. The van der Waals surface area contributed by atoms with Crippen LogP contribution in [0.5, 0.6) is 17.2 Å². The summed E-state index contributed by atoms with van der Waals surface area (Å²) in [5.41, 5.74) is 4.13. The lowest BCUT2D eigenvalue weighted by Gasteiger charge is -2.48. The van der Waals surface area contributed by atoms with Gasteiger partial charge in [0.1, 0.15) is 53.9 Å². The zero-order valence-corrected chi connectivity index (χ0v) is 32.7. The molecule has 6 rings (SSSR count). The average molecular weight is 785 g/mol. The Balaban J connectivity index is 1.40. The third kappa shape index (κ3) is 10.5. The number of methoxy groups -OCH3 is 3. The molecule has 0 aromatic heterocycles. The highest BCUT2D eigenvalue weighted by molar-refractivity contribution is 7.86. The lowest BCUT2D eigenvalue weighted by atomic mass is 9.84. The van der Waals surface area contributed by atoms with Gasteiger partial charge in [0.2, 0.25) is 0 Å². The summed E-state index contributed by atoms with van der Waals surface area (Å²) in [6, 6.07) is 37.9. The van der Waals surface area contributed by atoms with E-state index in [1.54, 1.807) is 45.6 Å². The lowest BCUT2D eigenvalue weighted by molar-refractivity contribution is -0.268. The summed E-state index contributed by atoms with van der Waals surface area (Å²) in [5.74, 6) is 2.03. The summed E-state index contributed by atoms with van der Waals surface area (Å²) in [6.07, 6.45) is -7.34. The van der Waals surface area contributed by atoms with Gasteiger partial charge in [0.15, 0.2) is 0 Å². The first-order valence-electron chi connectivity index (χ1n) is 18.2. The van der Waals surface area contributed by atoms with Crippen LogP contribution in [-0.4, -0.2) is 71.5 Å². The molecule has 5 aromatic rings. The minimum atomic E-state index is -4.44. The van der Waals surface area contributed by atoms with Gasteiger partial charge < -0.3 is 38.3 Å². The number of aliphatic hydroxyl groups excluding tert-OH is 1. The molecule has 56 heavy (non-hydrogen) atoms. The number of hydrogen-bond donors (Lipinski definition) is 1. The van der Waals surface area contributed by atoms with E-state index in [0.29, 0.717) is 17.2 Å². The van der Waals surface area contributed by atoms with Gasteiger partial charge in [0.25, 0.3) is 10.1 Å². The molecule has 0 aliphatic heterocycles. The molecule has 0 spiro atoms. The molecule has 1 N–H and O–H groups in total. The molecule has 296 valence electrons. The van der Waals surface area contributed by atoms with Crippen LogP contribution in [0.1, 0.15) is 27.8 Å². The van der Waals surface area contributed by atoms with Crippen molar-refractivity contribution >= 4 is 10.1 Å². The van der Waals surface area contributed by atoms with E-state index in [4.69, 9.17) is 37.3 Å². The van der Waals surface area contributed by atoms with Crippen molar-refractivity contribution in [1.29, 1.82) is 0 Å². The highest BCUT2D eigenvalue weighted by atomic mass is 32.2. The molecule has 0 unspecified atom stereocenters. The van der Waals surface area contributed by atoms with Crippen molar-refractivity contribution in [1.82, 2.24) is 0 Å². The van der Waals surface area contributed by atoms with Crippen LogP contribution in [0.2, 0.25) is 0 Å². The van der Waals surface area contributed by atoms with Crippen molar-refractivity contribution in [3.05, 3.63) is 155 Å². The molecule has 6 atom stereocenters. The maximum atomic E-state index is 14.0. The van der Waals surface area contributed by atoms with Gasteiger partial charge in [-0.05, 0) is 77.7 Å². The Morgan fingerprint density at radius 3 is 1.23 bits per heavy atom. The molecule has 0 radical (unpaired) electrons. The Bertz CT molecular complexity index is 2040. The van der Waals surface area contributed by atoms with E-state index >= 15 is 0 Å². The van der Waals surface area contributed by atoms with Gasteiger partial charge in [-0.1, -0.05) is 84.4 Å². The van der Waals surface area contributed by atoms with Gasteiger partial charge in [-0.3, -0.25) is 4.18 Å². The highest BCUT2D eigenvalue weighted by Gasteiger charge is 2.55. The van der Waals surface area contributed by atoms with Crippen LogP contribution in [0, 0.1) is 6.92 Å². The molecular formula is C44H48O11S. The predicted molar refractivity (Wildman–Crippen MR) is 209 cm³/mol. The Kier molecular flexibility index (Phi) is 14.1. The molecule has 5 aromatic carbocycles. The van der Waals surface area contributed by atoms with Crippen LogP contribution in [0.15, 0.2) is 132 Å². The normalized spacial score (nSPS) is 21.0. The quantitative estimate of drug-likeness (QED) is 0.0942. The van der Waals surface area contributed by atoms with Crippen LogP contribution >= 0.6 is 0 Å². The van der Waals surface area contributed by atoms with E-state index in [9.17, 15) is 13.5 Å². The summed E-state index contributed by atoms with van der Waals surface area (Å²) >= 11 is 0. The highest BCUT2D eigenvalue weighted by Crippen LogP contribution is 2.36. The smallest absolute Gasteiger partial charge is 0.297 e. The van der Waals surface area contributed by atoms with Crippen molar-refractivity contribution in [3.63, 3.8) is 0 Å². The molecule has 1 aliphatic rings. The fourth-order valence-corrected chi connectivity index (χ4v) is 7.52. The van der Waals surface area contributed by atoms with Crippen LogP contribution < -0.4 is 14.2 Å². The van der Waals surface area contributed by atoms with Crippen LogP contribution in [0.25, 0.3) is 0 Å². The number of aliphatic hydroxyl groups is 1. The van der Waals surface area contributed by atoms with Gasteiger partial charge in [0.05, 0.1) is 52.7 Å². The molecule has 1 fully saturated rings. The second kappa shape index (κ2) is 19.4. The lowest BCUT2D eigenvalue weighted by Crippen LogP contribution is -2.67. The van der Waals surface area contributed by atoms with E-state index in [1.165, 1.54) is 12.1 Å². The van der Waals surface area contributed by atoms with E-state index in [2.05, 4.69) is 0 Å². The first kappa shape index (κ1) is 40.9. The Morgan fingerprint density at radius 2 is 0.821 bits per heavy atom. The Morgan fingerprint density at radius 1 is 0.464 bits per heavy atom. The average Bonchev–Trinajstić information content (AvgIpc) is 3.23. The second-order valence-corrected chi connectivity index (χ2v) is 15.0. The van der Waals surface area contributed by atoms with E-state index in [1.807, 2.05) is 97.9 Å². The van der Waals surface area contributed by atoms with Gasteiger partial charge >= 0.3 is 0 Å². The van der Waals surface area contributed by atoms with E-state index in [-0.39, 0.29) is 31.3 Å². The van der Waals surface area contributed by atoms with Gasteiger partial charge in [-0.25, -0.2) is 0 Å². The number of ether oxygens (including phenoxy) is 7. The largest absolute Gasteiger partial charge is 0.497 e. The van der Waals surface area contributed by atoms with Crippen molar-refractivity contribution < 1.29 is 50.9 Å². The molecule has 0 bridgehead atoms. The van der Waals surface area contributed by atoms with Crippen molar-refractivity contribution in [2.45, 2.75) is 74.9 Å². The maximum Gasteiger partial charge on any atom is 0.297 e. The minimum absolute atomic E-state index is 0.0274. The van der Waals surface area contributed by atoms with Crippen LogP contribution in [-0.2, 0) is 59.7 Å². The van der Waals surface area contributed by atoms with Gasteiger partial charge in [0, 0.05) is 0 Å². The fourth-order valence-electron chi connectivity index (χ4n) is 6.43. The van der Waals surface area contributed by atoms with Gasteiger partial charge in [-0.15, -0.1) is 0 Å². The minimum Gasteiger partial charge on any atom is -0.497 e. The summed E-state index contributed by atoms with van der Waals surface area (Å²) in [4.78, 5) is -0.0699. The molecule has 1 saturated carbocycles. The standard InChI is InChI=1S/C44H48O11S/c1-30-10-24-38(25-11-30)56(46,47)55-41-39(45)40(51-27-32-12-18-35(48-2)19-13-32)42(52-28-33-14-20-36(49-3)21-15-33)44(54-26-31-8-6-5-7-9-31)43(41)53-29-34-16-22-37(50-4)23-17-34/h5-25,39-45H,26-29H2,1-4H3/t39-,40+,41-,42-,43+,44+/m0/s1. The van der Waals surface area contributed by atoms with Crippen LogP contribution in [0.3, 0.4) is 0 Å². The number of rotatable bonds is 18. The zero-order chi connectivity index (χ0) is 39.5. The first-order chi connectivity index (χ1) is 27.2. The van der Waals surface area contributed by atoms with Crippen LogP contribution in [0.4, 0.5) is 0 Å². The van der Waals surface area contributed by atoms with E-state index in [0.717, 1.165) is 27.8 Å². The predicted octanol–water partition coefficient (Wildman–Crippen LogP) is 6.81. The maximum absolute atomic E-state index is 14.0. The molecular weight excluding hydrogens is 737 g/mol. The third-order valence-corrected chi connectivity index (χ3v) is 10.9. The Labute approximate surface area is 328 Å². The molecule has 1 aliphatic carbocycles. The summed E-state index contributed by atoms with van der Waals surface area (Å²) in [5, 5.41) is 12.3. The molecule has 0 heterocycles. The fraction of sp³-hybridized carbons (Fsp3) is 0.318. The molecule has 12 heteroatoms. The second-order valence-electron chi connectivity index (χ2n) is 13.5. The summed E-state index contributed by atoms with van der Waals surface area (Å²) in [6.45, 7) is 2.16. The van der Waals surface area contributed by atoms with E-state index < -0.39 is 46.7 Å². The SMILES string of the molecule is COc1ccc(CO[C@@H]2[C@@H](OCc3ccccc3)[C@H](OCc3ccc(OC)cc3)[C@@H](OS(=O)(=O)c3ccc(C)cc3)[C@@H](O)[C@H]2OCc2ccc(OC)cc2)cc1. The molecule has 0 amide bonds. The molecule has 0 saturated heterocycles. The first-order valence-corrected chi connectivity index (χ1v) is 19.7. The number of benzene rings is 5. The van der Waals surface area contributed by atoms with Crippen molar-refractivity contribution in [3.8, 4) is 17.2 Å². The summed E-state index contributed by atoms with van der Waals surface area (Å²) in [7, 11) is 0.326. The number of aryl methyl sites for hydroxylation is 1. The summed E-state index contributed by atoms with van der Waals surface area (Å²) < 4.78 is 76.5. The Hall–Kier alpha value is -4.79.